The van der Waals surface area contributed by atoms with Crippen molar-refractivity contribution in [3.8, 4) is 0 Å². The number of ketones is 1. The predicted octanol–water partition coefficient (Wildman–Crippen LogP) is 6.39. The van der Waals surface area contributed by atoms with Gasteiger partial charge in [-0.1, -0.05) is 79.6 Å². The smallest absolute Gasteiger partial charge is 0.159 e. The van der Waals surface area contributed by atoms with Gasteiger partial charge in [-0.3, -0.25) is 4.79 Å². The molecule has 128 valence electrons. The molecule has 0 aliphatic heterocycles. The zero-order valence-corrected chi connectivity index (χ0v) is 15.0. The average Bonchev–Trinajstić information content (AvgIpc) is 2.65. The van der Waals surface area contributed by atoms with Crippen LogP contribution in [-0.2, 0) is 12.8 Å². The van der Waals surface area contributed by atoms with Crippen LogP contribution in [0, 0.1) is 0 Å². The molecule has 1 nitrogen and oxygen atoms in total. The summed E-state index contributed by atoms with van der Waals surface area (Å²) in [7, 11) is 0. The zero-order valence-electron chi connectivity index (χ0n) is 15.0. The number of carbonyl (C=O) groups excluding carboxylic acids is 1. The lowest BCUT2D eigenvalue weighted by atomic mass is 9.98. The lowest BCUT2D eigenvalue weighted by molar-refractivity contribution is 0.101. The quantitative estimate of drug-likeness (QED) is 0.345. The van der Waals surface area contributed by atoms with Crippen molar-refractivity contribution in [3.63, 3.8) is 0 Å². The van der Waals surface area contributed by atoms with Crippen molar-refractivity contribution in [1.29, 1.82) is 0 Å². The highest BCUT2D eigenvalue weighted by Crippen LogP contribution is 2.20. The molecule has 0 aliphatic rings. The maximum absolute atomic E-state index is 11.3. The highest BCUT2D eigenvalue weighted by atomic mass is 16.1. The van der Waals surface area contributed by atoms with Gasteiger partial charge in [-0.25, -0.2) is 0 Å². The van der Waals surface area contributed by atoms with Crippen molar-refractivity contribution in [2.75, 3.05) is 0 Å². The summed E-state index contributed by atoms with van der Waals surface area (Å²) in [6, 6.07) is 23.3. The van der Waals surface area contributed by atoms with E-state index in [1.807, 2.05) is 12.1 Å². The third kappa shape index (κ3) is 4.79. The Kier molecular flexibility index (Phi) is 6.00. The maximum atomic E-state index is 11.3. The monoisotopic (exact) mass is 330 g/mol. The first-order valence-corrected chi connectivity index (χ1v) is 9.30. The van der Waals surface area contributed by atoms with Gasteiger partial charge in [-0.15, -0.1) is 0 Å². The molecule has 0 fully saturated rings. The van der Waals surface area contributed by atoms with Gasteiger partial charge in [0.25, 0.3) is 0 Å². The molecular weight excluding hydrogens is 304 g/mol. The molecule has 0 unspecified atom stereocenters. The molecule has 0 radical (unpaired) electrons. The number of rotatable bonds is 8. The van der Waals surface area contributed by atoms with Gasteiger partial charge in [-0.05, 0) is 54.5 Å². The van der Waals surface area contributed by atoms with E-state index in [4.69, 9.17) is 0 Å². The summed E-state index contributed by atoms with van der Waals surface area (Å²) in [6.45, 7) is 1.62. The van der Waals surface area contributed by atoms with Crippen molar-refractivity contribution in [3.05, 3.63) is 83.4 Å². The molecule has 0 aromatic heterocycles. The molecule has 0 amide bonds. The van der Waals surface area contributed by atoms with Gasteiger partial charge in [0.1, 0.15) is 0 Å². The summed E-state index contributed by atoms with van der Waals surface area (Å²) in [5.41, 5.74) is 3.61. The summed E-state index contributed by atoms with van der Waals surface area (Å²) in [6.07, 6.45) is 7.27. The third-order valence-corrected chi connectivity index (χ3v) is 4.90. The molecule has 0 bridgehead atoms. The van der Waals surface area contributed by atoms with Crippen LogP contribution < -0.4 is 0 Å². The van der Waals surface area contributed by atoms with Gasteiger partial charge < -0.3 is 0 Å². The number of aryl methyl sites for hydroxylation is 2. The molecule has 1 heteroatoms. The second-order valence-corrected chi connectivity index (χ2v) is 6.81. The van der Waals surface area contributed by atoms with Crippen LogP contribution in [0.1, 0.15) is 54.1 Å². The predicted molar refractivity (Wildman–Crippen MR) is 106 cm³/mol. The Morgan fingerprint density at radius 1 is 0.720 bits per heavy atom. The second-order valence-electron chi connectivity index (χ2n) is 6.81. The van der Waals surface area contributed by atoms with Crippen LogP contribution in [0.2, 0.25) is 0 Å². The topological polar surface area (TPSA) is 17.1 Å². The van der Waals surface area contributed by atoms with Gasteiger partial charge in [0.15, 0.2) is 5.78 Å². The van der Waals surface area contributed by atoms with Crippen LogP contribution in [0.4, 0.5) is 0 Å². The Bertz CT molecular complexity index is 825. The lowest BCUT2D eigenvalue weighted by Gasteiger charge is -2.07. The minimum atomic E-state index is 0.139. The normalized spacial score (nSPS) is 10.9. The van der Waals surface area contributed by atoms with Gasteiger partial charge in [0, 0.05) is 5.56 Å². The fourth-order valence-corrected chi connectivity index (χ4v) is 3.41. The Hall–Kier alpha value is -2.41. The molecule has 0 saturated carbocycles. The summed E-state index contributed by atoms with van der Waals surface area (Å²) in [4.78, 5) is 11.3. The van der Waals surface area contributed by atoms with Gasteiger partial charge in [0.2, 0.25) is 0 Å². The van der Waals surface area contributed by atoms with E-state index in [1.165, 1.54) is 47.6 Å². The van der Waals surface area contributed by atoms with Gasteiger partial charge in [-0.2, -0.15) is 0 Å². The van der Waals surface area contributed by atoms with E-state index < -0.39 is 0 Å². The number of Topliss-reactive ketones (excluding diaryl/α,β-unsaturated/α-hetero) is 1. The Balaban J connectivity index is 1.41. The Labute approximate surface area is 150 Å². The number of hydrogen-bond donors (Lipinski definition) is 0. The number of benzene rings is 3. The molecule has 3 aromatic carbocycles. The van der Waals surface area contributed by atoms with Crippen molar-refractivity contribution in [2.45, 2.75) is 45.4 Å². The molecule has 0 aliphatic carbocycles. The zero-order chi connectivity index (χ0) is 17.5. The molecule has 25 heavy (non-hydrogen) atoms. The van der Waals surface area contributed by atoms with E-state index in [-0.39, 0.29) is 5.78 Å². The van der Waals surface area contributed by atoms with E-state index in [2.05, 4.69) is 54.6 Å². The first kappa shape index (κ1) is 17.4. The van der Waals surface area contributed by atoms with Crippen LogP contribution in [0.25, 0.3) is 10.8 Å². The number of unbranched alkanes of at least 4 members (excludes halogenated alkanes) is 3. The van der Waals surface area contributed by atoms with Crippen LogP contribution >= 0.6 is 0 Å². The van der Waals surface area contributed by atoms with Crippen LogP contribution in [0.3, 0.4) is 0 Å². The largest absolute Gasteiger partial charge is 0.295 e. The minimum Gasteiger partial charge on any atom is -0.295 e. The summed E-state index contributed by atoms with van der Waals surface area (Å²) in [5, 5.41) is 2.74. The van der Waals surface area contributed by atoms with Crippen molar-refractivity contribution in [1.82, 2.24) is 0 Å². The summed E-state index contributed by atoms with van der Waals surface area (Å²) < 4.78 is 0. The number of fused-ring (bicyclic) bond motifs is 1. The second kappa shape index (κ2) is 8.62. The average molecular weight is 330 g/mol. The summed E-state index contributed by atoms with van der Waals surface area (Å²) in [5.74, 6) is 0.139. The SMILES string of the molecule is CC(=O)c1ccc(CCCCCCc2cccc3ccccc23)cc1. The minimum absolute atomic E-state index is 0.139. The number of hydrogen-bond acceptors (Lipinski definition) is 1. The first-order chi connectivity index (χ1) is 12.2. The standard InChI is InChI=1S/C24H26O/c1-19(25)21-17-15-20(16-18-21)9-4-2-3-5-10-22-12-8-13-23-11-6-7-14-24(22)23/h6-8,11-18H,2-5,9-10H2,1H3. The van der Waals surface area contributed by atoms with E-state index >= 15 is 0 Å². The van der Waals surface area contributed by atoms with E-state index in [0.717, 1.165) is 18.4 Å². The Morgan fingerprint density at radius 3 is 2.16 bits per heavy atom. The highest BCUT2D eigenvalue weighted by Gasteiger charge is 2.01. The molecule has 0 N–H and O–H groups in total. The molecule has 3 rings (SSSR count). The van der Waals surface area contributed by atoms with Crippen molar-refractivity contribution >= 4 is 16.6 Å². The Morgan fingerprint density at radius 2 is 1.40 bits per heavy atom. The lowest BCUT2D eigenvalue weighted by Crippen LogP contribution is -1.93. The molecule has 0 saturated heterocycles. The third-order valence-electron chi connectivity index (χ3n) is 4.90. The van der Waals surface area contributed by atoms with Crippen molar-refractivity contribution < 1.29 is 4.79 Å². The van der Waals surface area contributed by atoms with Crippen LogP contribution in [-0.4, -0.2) is 5.78 Å². The van der Waals surface area contributed by atoms with Crippen molar-refractivity contribution in [2.24, 2.45) is 0 Å². The van der Waals surface area contributed by atoms with E-state index in [1.54, 1.807) is 6.92 Å². The fraction of sp³-hybridized carbons (Fsp3) is 0.292. The number of carbonyl (C=O) groups is 1. The molecule has 0 heterocycles. The molecule has 0 atom stereocenters. The molecule has 3 aromatic rings. The van der Waals surface area contributed by atoms with Gasteiger partial charge in [0.05, 0.1) is 0 Å². The fourth-order valence-electron chi connectivity index (χ4n) is 3.41. The molecular formula is C24H26O. The maximum Gasteiger partial charge on any atom is 0.159 e. The highest BCUT2D eigenvalue weighted by molar-refractivity contribution is 5.94. The van der Waals surface area contributed by atoms with E-state index in [9.17, 15) is 4.79 Å². The van der Waals surface area contributed by atoms with Gasteiger partial charge >= 0.3 is 0 Å². The van der Waals surface area contributed by atoms with Crippen LogP contribution in [0.15, 0.2) is 66.7 Å². The van der Waals surface area contributed by atoms with Crippen LogP contribution in [0.5, 0.6) is 0 Å². The first-order valence-electron chi connectivity index (χ1n) is 9.30. The summed E-state index contributed by atoms with van der Waals surface area (Å²) >= 11 is 0. The molecule has 0 spiro atoms. The van der Waals surface area contributed by atoms with E-state index in [0.29, 0.717) is 0 Å².